The van der Waals surface area contributed by atoms with Gasteiger partial charge in [-0.05, 0) is 32.5 Å². The topological polar surface area (TPSA) is 49.6 Å². The first kappa shape index (κ1) is 14.7. The SMILES string of the molecule is CCN(C)C1CCN(c2ccc([N+](=O)[O-])cc2F)CC1. The number of piperidine rings is 1. The molecule has 0 spiro atoms. The Bertz CT molecular complexity index is 487. The summed E-state index contributed by atoms with van der Waals surface area (Å²) in [5.74, 6) is -0.513. The molecule has 110 valence electrons. The highest BCUT2D eigenvalue weighted by molar-refractivity contribution is 5.52. The van der Waals surface area contributed by atoms with Crippen LogP contribution in [-0.2, 0) is 0 Å². The minimum Gasteiger partial charge on any atom is -0.369 e. The van der Waals surface area contributed by atoms with Crippen molar-refractivity contribution < 1.29 is 9.31 Å². The Labute approximate surface area is 118 Å². The monoisotopic (exact) mass is 281 g/mol. The lowest BCUT2D eigenvalue weighted by Gasteiger charge is -2.37. The minimum absolute atomic E-state index is 0.202. The van der Waals surface area contributed by atoms with Gasteiger partial charge in [0.15, 0.2) is 5.82 Å². The van der Waals surface area contributed by atoms with Crippen molar-refractivity contribution in [2.24, 2.45) is 0 Å². The number of benzene rings is 1. The Kier molecular flexibility index (Phi) is 4.54. The number of anilines is 1. The molecule has 0 bridgehead atoms. The second-order valence-electron chi connectivity index (χ2n) is 5.18. The summed E-state index contributed by atoms with van der Waals surface area (Å²) < 4.78 is 14.0. The first-order valence-electron chi connectivity index (χ1n) is 6.92. The van der Waals surface area contributed by atoms with Crippen LogP contribution in [0.1, 0.15) is 19.8 Å². The summed E-state index contributed by atoms with van der Waals surface area (Å²) in [5.41, 5.74) is 0.264. The van der Waals surface area contributed by atoms with Crippen LogP contribution in [0, 0.1) is 15.9 Å². The van der Waals surface area contributed by atoms with Crippen molar-refractivity contribution in [2.75, 3.05) is 31.6 Å². The van der Waals surface area contributed by atoms with Gasteiger partial charge < -0.3 is 9.80 Å². The minimum atomic E-state index is -0.574. The number of rotatable bonds is 4. The highest BCUT2D eigenvalue weighted by atomic mass is 19.1. The smallest absolute Gasteiger partial charge is 0.272 e. The van der Waals surface area contributed by atoms with Crippen LogP contribution in [0.3, 0.4) is 0 Å². The van der Waals surface area contributed by atoms with E-state index in [9.17, 15) is 14.5 Å². The van der Waals surface area contributed by atoms with Crippen LogP contribution in [0.4, 0.5) is 15.8 Å². The fraction of sp³-hybridized carbons (Fsp3) is 0.571. The molecule has 1 aromatic carbocycles. The van der Waals surface area contributed by atoms with Crippen LogP contribution in [0.15, 0.2) is 18.2 Å². The van der Waals surface area contributed by atoms with Crippen LogP contribution < -0.4 is 4.90 Å². The van der Waals surface area contributed by atoms with Gasteiger partial charge in [0.1, 0.15) is 0 Å². The molecule has 1 saturated heterocycles. The van der Waals surface area contributed by atoms with E-state index < -0.39 is 10.7 Å². The van der Waals surface area contributed by atoms with Gasteiger partial charge in [-0.25, -0.2) is 4.39 Å². The Morgan fingerprint density at radius 3 is 2.60 bits per heavy atom. The number of nitro benzene ring substituents is 1. The van der Waals surface area contributed by atoms with Crippen LogP contribution in [0.5, 0.6) is 0 Å². The lowest BCUT2D eigenvalue weighted by molar-refractivity contribution is -0.385. The molecule has 1 aliphatic heterocycles. The summed E-state index contributed by atoms with van der Waals surface area (Å²) >= 11 is 0. The summed E-state index contributed by atoms with van der Waals surface area (Å²) in [6.07, 6.45) is 1.97. The molecule has 0 radical (unpaired) electrons. The molecule has 20 heavy (non-hydrogen) atoms. The zero-order valence-corrected chi connectivity index (χ0v) is 11.9. The molecule has 1 aliphatic rings. The van der Waals surface area contributed by atoms with Gasteiger partial charge in [0.05, 0.1) is 16.7 Å². The maximum absolute atomic E-state index is 14.0. The molecule has 0 amide bonds. The van der Waals surface area contributed by atoms with E-state index in [2.05, 4.69) is 18.9 Å². The van der Waals surface area contributed by atoms with Gasteiger partial charge in [-0.1, -0.05) is 6.92 Å². The second-order valence-corrected chi connectivity index (χ2v) is 5.18. The second kappa shape index (κ2) is 6.17. The molecular weight excluding hydrogens is 261 g/mol. The van der Waals surface area contributed by atoms with Crippen LogP contribution in [0.2, 0.25) is 0 Å². The van der Waals surface area contributed by atoms with Crippen molar-refractivity contribution in [1.29, 1.82) is 0 Å². The summed E-state index contributed by atoms with van der Waals surface area (Å²) in [4.78, 5) is 14.3. The molecule has 0 aromatic heterocycles. The molecular formula is C14H20FN3O2. The molecule has 6 heteroatoms. The lowest BCUT2D eigenvalue weighted by Crippen LogP contribution is -2.43. The van der Waals surface area contributed by atoms with E-state index in [0.29, 0.717) is 11.7 Å². The van der Waals surface area contributed by atoms with E-state index in [1.165, 1.54) is 12.1 Å². The van der Waals surface area contributed by atoms with Crippen molar-refractivity contribution in [2.45, 2.75) is 25.8 Å². The third kappa shape index (κ3) is 3.07. The summed E-state index contributed by atoms with van der Waals surface area (Å²) in [5, 5.41) is 10.6. The maximum atomic E-state index is 14.0. The van der Waals surface area contributed by atoms with Crippen molar-refractivity contribution >= 4 is 11.4 Å². The molecule has 0 unspecified atom stereocenters. The summed E-state index contributed by atoms with van der Waals surface area (Å²) in [6, 6.07) is 4.41. The average Bonchev–Trinajstić information content (AvgIpc) is 2.46. The van der Waals surface area contributed by atoms with Gasteiger partial charge in [0.2, 0.25) is 0 Å². The van der Waals surface area contributed by atoms with Gasteiger partial charge in [-0.15, -0.1) is 0 Å². The molecule has 0 atom stereocenters. The first-order valence-corrected chi connectivity index (χ1v) is 6.92. The lowest BCUT2D eigenvalue weighted by atomic mass is 10.0. The van der Waals surface area contributed by atoms with E-state index in [0.717, 1.165) is 38.5 Å². The van der Waals surface area contributed by atoms with E-state index >= 15 is 0 Å². The highest BCUT2D eigenvalue weighted by Crippen LogP contribution is 2.27. The Hall–Kier alpha value is -1.69. The zero-order chi connectivity index (χ0) is 14.7. The number of hydrogen-bond donors (Lipinski definition) is 0. The Balaban J connectivity index is 2.05. The predicted molar refractivity (Wildman–Crippen MR) is 76.6 cm³/mol. The molecule has 0 N–H and O–H groups in total. The van der Waals surface area contributed by atoms with E-state index in [1.54, 1.807) is 0 Å². The standard InChI is InChI=1S/C14H20FN3O2/c1-3-16(2)11-6-8-17(9-7-11)14-5-4-12(18(19)20)10-13(14)15/h4-5,10-11H,3,6-9H2,1-2H3. The molecule has 1 aromatic rings. The van der Waals surface area contributed by atoms with Crippen molar-refractivity contribution in [1.82, 2.24) is 4.90 Å². The van der Waals surface area contributed by atoms with Crippen molar-refractivity contribution in [3.63, 3.8) is 0 Å². The number of halogens is 1. The molecule has 0 aliphatic carbocycles. The van der Waals surface area contributed by atoms with Crippen LogP contribution >= 0.6 is 0 Å². The molecule has 5 nitrogen and oxygen atoms in total. The number of non-ortho nitro benzene ring substituents is 1. The molecule has 2 rings (SSSR count). The quantitative estimate of drug-likeness (QED) is 0.629. The third-order valence-corrected chi connectivity index (χ3v) is 4.07. The molecule has 1 heterocycles. The van der Waals surface area contributed by atoms with Crippen LogP contribution in [0.25, 0.3) is 0 Å². The number of nitrogens with zero attached hydrogens (tertiary/aromatic N) is 3. The fourth-order valence-corrected chi connectivity index (χ4v) is 2.67. The van der Waals surface area contributed by atoms with Gasteiger partial charge in [-0.3, -0.25) is 10.1 Å². The molecule has 0 saturated carbocycles. The van der Waals surface area contributed by atoms with Crippen LogP contribution in [-0.4, -0.2) is 42.5 Å². The summed E-state index contributed by atoms with van der Waals surface area (Å²) in [7, 11) is 2.10. The summed E-state index contributed by atoms with van der Waals surface area (Å²) in [6.45, 7) is 4.70. The van der Waals surface area contributed by atoms with Gasteiger partial charge in [0.25, 0.3) is 5.69 Å². The first-order chi connectivity index (χ1) is 9.52. The third-order valence-electron chi connectivity index (χ3n) is 4.07. The largest absolute Gasteiger partial charge is 0.369 e. The predicted octanol–water partition coefficient (Wildman–Crippen LogP) is 2.65. The zero-order valence-electron chi connectivity index (χ0n) is 11.9. The number of nitro groups is 1. The van der Waals surface area contributed by atoms with E-state index in [1.807, 2.05) is 4.90 Å². The van der Waals surface area contributed by atoms with Crippen molar-refractivity contribution in [3.8, 4) is 0 Å². The van der Waals surface area contributed by atoms with Crippen molar-refractivity contribution in [3.05, 3.63) is 34.1 Å². The van der Waals surface area contributed by atoms with Gasteiger partial charge in [0, 0.05) is 25.2 Å². The normalized spacial score (nSPS) is 16.7. The molecule has 1 fully saturated rings. The fourth-order valence-electron chi connectivity index (χ4n) is 2.67. The van der Waals surface area contributed by atoms with E-state index in [4.69, 9.17) is 0 Å². The number of hydrogen-bond acceptors (Lipinski definition) is 4. The average molecular weight is 281 g/mol. The van der Waals surface area contributed by atoms with E-state index in [-0.39, 0.29) is 5.69 Å². The Morgan fingerprint density at radius 2 is 2.10 bits per heavy atom. The maximum Gasteiger partial charge on any atom is 0.272 e. The van der Waals surface area contributed by atoms with Gasteiger partial charge >= 0.3 is 0 Å². The Morgan fingerprint density at radius 1 is 1.45 bits per heavy atom. The highest BCUT2D eigenvalue weighted by Gasteiger charge is 2.24. The van der Waals surface area contributed by atoms with Gasteiger partial charge in [-0.2, -0.15) is 0 Å².